The van der Waals surface area contributed by atoms with Crippen LogP contribution in [0.2, 0.25) is 0 Å². The highest BCUT2D eigenvalue weighted by Crippen LogP contribution is 2.32. The van der Waals surface area contributed by atoms with E-state index in [9.17, 15) is 9.59 Å². The van der Waals surface area contributed by atoms with Gasteiger partial charge in [0.05, 0.1) is 5.92 Å². The fraction of sp³-hybridized carbons (Fsp3) is 0.556. The first kappa shape index (κ1) is 17.3. The van der Waals surface area contributed by atoms with E-state index in [2.05, 4.69) is 33.0 Å². The van der Waals surface area contributed by atoms with Crippen LogP contribution in [0.3, 0.4) is 0 Å². The Labute approximate surface area is 137 Å². The Bertz CT molecular complexity index is 570. The van der Waals surface area contributed by atoms with E-state index in [0.29, 0.717) is 24.8 Å². The van der Waals surface area contributed by atoms with Gasteiger partial charge in [-0.1, -0.05) is 45.9 Å². The van der Waals surface area contributed by atoms with Crippen molar-refractivity contribution < 1.29 is 14.7 Å². The Morgan fingerprint density at radius 3 is 2.17 bits per heavy atom. The average molecular weight is 318 g/mol. The van der Waals surface area contributed by atoms with E-state index in [1.807, 2.05) is 18.2 Å². The fourth-order valence-electron chi connectivity index (χ4n) is 3.03. The highest BCUT2D eigenvalue weighted by atomic mass is 16.4. The van der Waals surface area contributed by atoms with Crippen molar-refractivity contribution in [1.29, 1.82) is 0 Å². The zero-order chi connectivity index (χ0) is 17.1. The maximum Gasteiger partial charge on any atom is 0.321 e. The maximum atomic E-state index is 12.6. The molecule has 0 spiro atoms. The van der Waals surface area contributed by atoms with Gasteiger partial charge in [0.1, 0.15) is 0 Å². The molecule has 1 unspecified atom stereocenters. The van der Waals surface area contributed by atoms with E-state index >= 15 is 0 Å². The van der Waals surface area contributed by atoms with Crippen LogP contribution in [0.4, 0.5) is 10.5 Å². The minimum atomic E-state index is -0.828. The van der Waals surface area contributed by atoms with Gasteiger partial charge in [0.15, 0.2) is 0 Å². The molecule has 0 aliphatic carbocycles. The average Bonchev–Trinajstić information content (AvgIpc) is 2.97. The topological polar surface area (TPSA) is 69.6 Å². The molecule has 1 aliphatic rings. The second-order valence-corrected chi connectivity index (χ2v) is 6.82. The number of carbonyl (C=O) groups excluding carboxylic acids is 1. The summed E-state index contributed by atoms with van der Waals surface area (Å²) in [7, 11) is 0. The predicted octanol–water partition coefficient (Wildman–Crippen LogP) is 3.87. The summed E-state index contributed by atoms with van der Waals surface area (Å²) in [6, 6.07) is 5.90. The molecule has 5 heteroatoms. The molecule has 1 fully saturated rings. The first-order valence-corrected chi connectivity index (χ1v) is 8.22. The zero-order valence-corrected chi connectivity index (χ0v) is 14.3. The van der Waals surface area contributed by atoms with E-state index in [0.717, 1.165) is 16.8 Å². The van der Waals surface area contributed by atoms with Crippen molar-refractivity contribution >= 4 is 17.7 Å². The lowest BCUT2D eigenvalue weighted by molar-refractivity contribution is -0.141. The first-order valence-electron chi connectivity index (χ1n) is 8.22. The van der Waals surface area contributed by atoms with Crippen LogP contribution in [0.15, 0.2) is 18.2 Å². The van der Waals surface area contributed by atoms with Crippen LogP contribution in [0.5, 0.6) is 0 Å². The number of carbonyl (C=O) groups is 2. The van der Waals surface area contributed by atoms with Crippen LogP contribution in [-0.4, -0.2) is 35.1 Å². The van der Waals surface area contributed by atoms with Gasteiger partial charge in [0.2, 0.25) is 0 Å². The molecule has 1 saturated heterocycles. The van der Waals surface area contributed by atoms with Gasteiger partial charge in [0.25, 0.3) is 0 Å². The normalized spacial score (nSPS) is 17.8. The standard InChI is InChI=1S/C18H26N2O3/c1-11(2)14-6-5-7-15(12(3)4)16(14)19-18(23)20-9-8-13(10-20)17(21)22/h5-7,11-13H,8-10H2,1-4H3,(H,19,23)(H,21,22). The van der Waals surface area contributed by atoms with E-state index in [1.165, 1.54) is 0 Å². The van der Waals surface area contributed by atoms with E-state index in [-0.39, 0.29) is 12.6 Å². The number of hydrogen-bond acceptors (Lipinski definition) is 2. The van der Waals surface area contributed by atoms with Crippen molar-refractivity contribution in [3.05, 3.63) is 29.3 Å². The number of para-hydroxylation sites is 1. The van der Waals surface area contributed by atoms with Crippen molar-refractivity contribution in [3.8, 4) is 0 Å². The molecule has 1 atom stereocenters. The summed E-state index contributed by atoms with van der Waals surface area (Å²) in [6.07, 6.45) is 0.519. The van der Waals surface area contributed by atoms with Crippen LogP contribution in [0.25, 0.3) is 0 Å². The van der Waals surface area contributed by atoms with Crippen molar-refractivity contribution in [2.45, 2.75) is 46.0 Å². The number of hydrogen-bond donors (Lipinski definition) is 2. The molecule has 23 heavy (non-hydrogen) atoms. The Kier molecular flexibility index (Phi) is 5.29. The molecule has 0 aromatic heterocycles. The van der Waals surface area contributed by atoms with Gasteiger partial charge in [-0.3, -0.25) is 4.79 Å². The number of anilines is 1. The van der Waals surface area contributed by atoms with Crippen molar-refractivity contribution in [3.63, 3.8) is 0 Å². The molecule has 126 valence electrons. The number of benzene rings is 1. The molecular formula is C18H26N2O3. The second kappa shape index (κ2) is 7.02. The molecule has 2 rings (SSSR count). The predicted molar refractivity (Wildman–Crippen MR) is 91.0 cm³/mol. The number of carboxylic acids is 1. The highest BCUT2D eigenvalue weighted by Gasteiger charge is 2.31. The maximum absolute atomic E-state index is 12.6. The largest absolute Gasteiger partial charge is 0.481 e. The number of carboxylic acid groups (broad SMARTS) is 1. The van der Waals surface area contributed by atoms with Crippen molar-refractivity contribution in [2.75, 3.05) is 18.4 Å². The molecule has 2 amide bonds. The SMILES string of the molecule is CC(C)c1cccc(C(C)C)c1NC(=O)N1CCC(C(=O)O)C1. The molecule has 0 radical (unpaired) electrons. The third-order valence-electron chi connectivity index (χ3n) is 4.43. The number of urea groups is 1. The number of aliphatic carboxylic acids is 1. The van der Waals surface area contributed by atoms with E-state index < -0.39 is 11.9 Å². The molecule has 2 N–H and O–H groups in total. The van der Waals surface area contributed by atoms with Gasteiger partial charge in [-0.05, 0) is 29.4 Å². The molecule has 1 heterocycles. The number of likely N-dealkylation sites (tertiary alicyclic amines) is 1. The van der Waals surface area contributed by atoms with Crippen LogP contribution in [0.1, 0.15) is 57.1 Å². The molecule has 0 saturated carbocycles. The minimum Gasteiger partial charge on any atom is -0.481 e. The van der Waals surface area contributed by atoms with E-state index in [4.69, 9.17) is 5.11 Å². The lowest BCUT2D eigenvalue weighted by Crippen LogP contribution is -2.34. The van der Waals surface area contributed by atoms with Crippen LogP contribution in [-0.2, 0) is 4.79 Å². The molecular weight excluding hydrogens is 292 g/mol. The van der Waals surface area contributed by atoms with Crippen LogP contribution >= 0.6 is 0 Å². The van der Waals surface area contributed by atoms with Crippen molar-refractivity contribution in [2.24, 2.45) is 5.92 Å². The lowest BCUT2D eigenvalue weighted by Gasteiger charge is -2.23. The minimum absolute atomic E-state index is 0.205. The summed E-state index contributed by atoms with van der Waals surface area (Å²) < 4.78 is 0. The van der Waals surface area contributed by atoms with Gasteiger partial charge in [-0.2, -0.15) is 0 Å². The van der Waals surface area contributed by atoms with E-state index in [1.54, 1.807) is 4.90 Å². The molecule has 1 aliphatic heterocycles. The monoisotopic (exact) mass is 318 g/mol. The van der Waals surface area contributed by atoms with Gasteiger partial charge >= 0.3 is 12.0 Å². The van der Waals surface area contributed by atoms with Gasteiger partial charge in [0, 0.05) is 18.8 Å². The lowest BCUT2D eigenvalue weighted by atomic mass is 9.93. The summed E-state index contributed by atoms with van der Waals surface area (Å²) in [5, 5.41) is 12.1. The Hall–Kier alpha value is -2.04. The third kappa shape index (κ3) is 3.84. The fourth-order valence-corrected chi connectivity index (χ4v) is 3.03. The number of rotatable bonds is 4. The summed E-state index contributed by atoms with van der Waals surface area (Å²) >= 11 is 0. The Morgan fingerprint density at radius 1 is 1.17 bits per heavy atom. The summed E-state index contributed by atoms with van der Waals surface area (Å²) in [4.78, 5) is 25.2. The summed E-state index contributed by atoms with van der Waals surface area (Å²) in [6.45, 7) is 9.18. The van der Waals surface area contributed by atoms with Gasteiger partial charge in [-0.25, -0.2) is 4.79 Å². The molecule has 5 nitrogen and oxygen atoms in total. The summed E-state index contributed by atoms with van der Waals surface area (Å²) in [5.74, 6) is -0.680. The first-order chi connectivity index (χ1) is 10.8. The second-order valence-electron chi connectivity index (χ2n) is 6.82. The smallest absolute Gasteiger partial charge is 0.321 e. The van der Waals surface area contributed by atoms with Gasteiger partial charge in [-0.15, -0.1) is 0 Å². The Balaban J connectivity index is 2.22. The highest BCUT2D eigenvalue weighted by molar-refractivity contribution is 5.92. The molecule has 1 aromatic carbocycles. The molecule has 0 bridgehead atoms. The van der Waals surface area contributed by atoms with Crippen LogP contribution in [0, 0.1) is 5.92 Å². The van der Waals surface area contributed by atoms with Crippen molar-refractivity contribution in [1.82, 2.24) is 4.90 Å². The van der Waals surface area contributed by atoms with Gasteiger partial charge < -0.3 is 15.3 Å². The molecule has 1 aromatic rings. The van der Waals surface area contributed by atoms with Crippen LogP contribution < -0.4 is 5.32 Å². The third-order valence-corrected chi connectivity index (χ3v) is 4.43. The number of nitrogens with zero attached hydrogens (tertiary/aromatic N) is 1. The Morgan fingerprint density at radius 2 is 1.74 bits per heavy atom. The quantitative estimate of drug-likeness (QED) is 0.885. The number of amides is 2. The zero-order valence-electron chi connectivity index (χ0n) is 14.3. The summed E-state index contributed by atoms with van der Waals surface area (Å²) in [5.41, 5.74) is 3.10. The number of nitrogens with one attached hydrogen (secondary N) is 1.